The molecule has 0 aliphatic carbocycles. The van der Waals surface area contributed by atoms with Crippen LogP contribution in [0.5, 0.6) is 0 Å². The molecule has 0 spiro atoms. The van der Waals surface area contributed by atoms with Crippen LogP contribution in [0.2, 0.25) is 0 Å². The van der Waals surface area contributed by atoms with E-state index in [0.717, 1.165) is 0 Å². The Hall–Kier alpha value is -0.360. The summed E-state index contributed by atoms with van der Waals surface area (Å²) in [5.74, 6) is -3.02. The molecule has 0 atom stereocenters. The van der Waals surface area contributed by atoms with E-state index >= 15 is 0 Å². The number of thioether (sulfide) groups is 1. The van der Waals surface area contributed by atoms with Crippen LogP contribution < -0.4 is 5.32 Å². The molecule has 3 nitrogen and oxygen atoms in total. The van der Waals surface area contributed by atoms with Gasteiger partial charge in [-0.15, -0.1) is 0 Å². The first-order valence-corrected chi connectivity index (χ1v) is 5.15. The molecule has 0 heterocycles. The van der Waals surface area contributed by atoms with Gasteiger partial charge in [-0.05, 0) is 6.26 Å². The summed E-state index contributed by atoms with van der Waals surface area (Å²) in [5, 5.41) is 10.2. The summed E-state index contributed by atoms with van der Waals surface area (Å²) in [6.45, 7) is -2.04. The molecule has 78 valence electrons. The summed E-state index contributed by atoms with van der Waals surface area (Å²) in [6, 6.07) is 0. The van der Waals surface area contributed by atoms with E-state index in [0.29, 0.717) is 5.75 Å². The number of aliphatic hydroxyl groups excluding tert-OH is 1. The summed E-state index contributed by atoms with van der Waals surface area (Å²) < 4.78 is 24.7. The Morgan fingerprint density at radius 2 is 2.23 bits per heavy atom. The van der Waals surface area contributed by atoms with Gasteiger partial charge in [0.05, 0.1) is 6.54 Å². The van der Waals surface area contributed by atoms with Crippen molar-refractivity contribution >= 4 is 17.7 Å². The van der Waals surface area contributed by atoms with Crippen molar-refractivity contribution in [1.82, 2.24) is 5.32 Å². The van der Waals surface area contributed by atoms with Crippen LogP contribution in [0, 0.1) is 0 Å². The lowest BCUT2D eigenvalue weighted by atomic mass is 10.3. The number of rotatable bonds is 6. The Kier molecular flexibility index (Phi) is 5.98. The monoisotopic (exact) mass is 213 g/mol. The molecular weight excluding hydrogens is 200 g/mol. The van der Waals surface area contributed by atoms with Gasteiger partial charge in [-0.2, -0.15) is 11.8 Å². The lowest BCUT2D eigenvalue weighted by Gasteiger charge is -2.13. The molecule has 0 aromatic heterocycles. The third-order valence-corrected chi connectivity index (χ3v) is 1.92. The molecule has 2 N–H and O–H groups in total. The van der Waals surface area contributed by atoms with Crippen LogP contribution in [0.3, 0.4) is 0 Å². The van der Waals surface area contributed by atoms with Crippen molar-refractivity contribution in [2.45, 2.75) is 12.3 Å². The van der Waals surface area contributed by atoms with Crippen molar-refractivity contribution in [3.05, 3.63) is 0 Å². The third kappa shape index (κ3) is 6.77. The average molecular weight is 213 g/mol. The van der Waals surface area contributed by atoms with Crippen LogP contribution in [0.25, 0.3) is 0 Å². The van der Waals surface area contributed by atoms with Crippen molar-refractivity contribution in [3.8, 4) is 0 Å². The molecule has 0 aliphatic heterocycles. The fraction of sp³-hybridized carbons (Fsp3) is 0.857. The molecule has 0 unspecified atom stereocenters. The molecular formula is C7H13F2NO2S. The maximum atomic E-state index is 12.4. The fourth-order valence-corrected chi connectivity index (χ4v) is 0.956. The highest BCUT2D eigenvalue weighted by molar-refractivity contribution is 7.98. The van der Waals surface area contributed by atoms with E-state index in [2.05, 4.69) is 0 Å². The summed E-state index contributed by atoms with van der Waals surface area (Å²) in [6.07, 6.45) is 2.05. The van der Waals surface area contributed by atoms with Gasteiger partial charge in [-0.25, -0.2) is 8.78 Å². The molecule has 0 radical (unpaired) electrons. The van der Waals surface area contributed by atoms with E-state index in [1.165, 1.54) is 11.8 Å². The van der Waals surface area contributed by atoms with Gasteiger partial charge >= 0.3 is 0 Å². The van der Waals surface area contributed by atoms with Crippen LogP contribution >= 0.6 is 11.8 Å². The van der Waals surface area contributed by atoms with Crippen molar-refractivity contribution in [2.75, 3.05) is 25.2 Å². The smallest absolute Gasteiger partial charge is 0.287 e. The Bertz CT molecular complexity index is 167. The third-order valence-electron chi connectivity index (χ3n) is 1.31. The zero-order chi connectivity index (χ0) is 10.3. The molecule has 0 saturated heterocycles. The van der Waals surface area contributed by atoms with Gasteiger partial charge < -0.3 is 10.4 Å². The topological polar surface area (TPSA) is 49.3 Å². The van der Waals surface area contributed by atoms with Crippen LogP contribution in [0.4, 0.5) is 8.78 Å². The van der Waals surface area contributed by atoms with Gasteiger partial charge in [0, 0.05) is 12.2 Å². The van der Waals surface area contributed by atoms with E-state index in [9.17, 15) is 13.6 Å². The molecule has 6 heteroatoms. The Balaban J connectivity index is 3.57. The number of hydrogen-bond acceptors (Lipinski definition) is 3. The van der Waals surface area contributed by atoms with Crippen LogP contribution in [-0.2, 0) is 4.79 Å². The number of amides is 1. The van der Waals surface area contributed by atoms with E-state index < -0.39 is 25.0 Å². The lowest BCUT2D eigenvalue weighted by molar-refractivity contribution is -0.123. The number of carbonyl (C=O) groups is 1. The normalized spacial score (nSPS) is 11.4. The first-order valence-electron chi connectivity index (χ1n) is 3.76. The quantitative estimate of drug-likeness (QED) is 0.675. The van der Waals surface area contributed by atoms with E-state index in [1.807, 2.05) is 11.6 Å². The van der Waals surface area contributed by atoms with Gasteiger partial charge in [0.2, 0.25) is 5.91 Å². The zero-order valence-corrected chi connectivity index (χ0v) is 8.16. The van der Waals surface area contributed by atoms with Gasteiger partial charge in [0.1, 0.15) is 6.61 Å². The number of halogens is 2. The highest BCUT2D eigenvalue weighted by Gasteiger charge is 2.27. The predicted molar refractivity (Wildman–Crippen MR) is 48.0 cm³/mol. The summed E-state index contributed by atoms with van der Waals surface area (Å²) in [7, 11) is 0. The predicted octanol–water partition coefficient (Wildman–Crippen LogP) is 0.483. The standard InChI is InChI=1S/C7H13F2NO2S/c1-13-3-2-6(12)10-4-7(8,9)5-11/h11H,2-5H2,1H3,(H,10,12). The minimum Gasteiger partial charge on any atom is -0.390 e. The Morgan fingerprint density at radius 3 is 2.69 bits per heavy atom. The van der Waals surface area contributed by atoms with E-state index in [1.54, 1.807) is 0 Å². The Labute approximate surface area is 79.9 Å². The first kappa shape index (κ1) is 12.6. The highest BCUT2D eigenvalue weighted by Crippen LogP contribution is 2.09. The zero-order valence-electron chi connectivity index (χ0n) is 7.35. The molecule has 0 fully saturated rings. The molecule has 0 aromatic carbocycles. The molecule has 0 rings (SSSR count). The maximum absolute atomic E-state index is 12.4. The number of hydrogen-bond donors (Lipinski definition) is 2. The lowest BCUT2D eigenvalue weighted by Crippen LogP contribution is -2.39. The van der Waals surface area contributed by atoms with Crippen molar-refractivity contribution in [1.29, 1.82) is 0 Å². The molecule has 0 bridgehead atoms. The molecule has 0 aliphatic rings. The van der Waals surface area contributed by atoms with Crippen molar-refractivity contribution < 1.29 is 18.7 Å². The molecule has 0 aromatic rings. The van der Waals surface area contributed by atoms with Crippen LogP contribution in [-0.4, -0.2) is 42.1 Å². The second kappa shape index (κ2) is 6.15. The minimum absolute atomic E-state index is 0.225. The van der Waals surface area contributed by atoms with Gasteiger partial charge in [-0.3, -0.25) is 4.79 Å². The van der Waals surface area contributed by atoms with Crippen LogP contribution in [0.15, 0.2) is 0 Å². The summed E-state index contributed by atoms with van der Waals surface area (Å²) >= 11 is 1.47. The second-order valence-electron chi connectivity index (χ2n) is 2.53. The molecule has 13 heavy (non-hydrogen) atoms. The van der Waals surface area contributed by atoms with E-state index in [4.69, 9.17) is 5.11 Å². The number of nitrogens with one attached hydrogen (secondary N) is 1. The first-order chi connectivity index (χ1) is 6.02. The summed E-state index contributed by atoms with van der Waals surface area (Å²) in [4.78, 5) is 10.8. The average Bonchev–Trinajstić information content (AvgIpc) is 2.11. The number of aliphatic hydroxyl groups is 1. The fourth-order valence-electron chi connectivity index (χ4n) is 0.567. The maximum Gasteiger partial charge on any atom is 0.287 e. The SMILES string of the molecule is CSCCC(=O)NCC(F)(F)CO. The van der Waals surface area contributed by atoms with E-state index in [-0.39, 0.29) is 6.42 Å². The number of alkyl halides is 2. The molecule has 1 amide bonds. The van der Waals surface area contributed by atoms with Crippen molar-refractivity contribution in [3.63, 3.8) is 0 Å². The highest BCUT2D eigenvalue weighted by atomic mass is 32.2. The van der Waals surface area contributed by atoms with Crippen molar-refractivity contribution in [2.24, 2.45) is 0 Å². The molecule has 0 saturated carbocycles. The Morgan fingerprint density at radius 1 is 1.62 bits per heavy atom. The minimum atomic E-state index is -3.21. The largest absolute Gasteiger partial charge is 0.390 e. The van der Waals surface area contributed by atoms with Gasteiger partial charge in [0.25, 0.3) is 5.92 Å². The van der Waals surface area contributed by atoms with Crippen LogP contribution in [0.1, 0.15) is 6.42 Å². The summed E-state index contributed by atoms with van der Waals surface area (Å²) in [5.41, 5.74) is 0. The van der Waals surface area contributed by atoms with Gasteiger partial charge in [0.15, 0.2) is 0 Å². The second-order valence-corrected chi connectivity index (χ2v) is 3.52. The number of carbonyl (C=O) groups excluding carboxylic acids is 1. The van der Waals surface area contributed by atoms with Gasteiger partial charge in [-0.1, -0.05) is 0 Å².